The maximum Gasteiger partial charge on any atom is 0.0544 e. The smallest absolute Gasteiger partial charge is 0.0544 e. The fourth-order valence-corrected chi connectivity index (χ4v) is 6.83. The number of aryl methyl sites for hydroxylation is 2. The van der Waals surface area contributed by atoms with Gasteiger partial charge in [-0.1, -0.05) is 202 Å². The molecule has 1 heteroatoms. The Labute approximate surface area is 245 Å². The molecule has 220 valence electrons. The predicted molar refractivity (Wildman–Crippen MR) is 181 cm³/mol. The molecule has 0 saturated carbocycles. The summed E-state index contributed by atoms with van der Waals surface area (Å²) in [5.41, 5.74) is 5.98. The van der Waals surface area contributed by atoms with E-state index >= 15 is 0 Å². The van der Waals surface area contributed by atoms with Crippen LogP contribution in [-0.2, 0) is 0 Å². The van der Waals surface area contributed by atoms with Crippen LogP contribution in [0.25, 0.3) is 0 Å². The normalized spacial score (nSPS) is 11.8. The Morgan fingerprint density at radius 3 is 0.897 bits per heavy atom. The average molecular weight is 532 g/mol. The highest BCUT2D eigenvalue weighted by Gasteiger charge is 2.27. The van der Waals surface area contributed by atoms with E-state index in [1.807, 2.05) is 0 Å². The summed E-state index contributed by atoms with van der Waals surface area (Å²) >= 11 is 0. The van der Waals surface area contributed by atoms with Gasteiger partial charge in [-0.15, -0.1) is 0 Å². The van der Waals surface area contributed by atoms with E-state index in [0.29, 0.717) is 0 Å². The van der Waals surface area contributed by atoms with Gasteiger partial charge in [0.15, 0.2) is 0 Å². The van der Waals surface area contributed by atoms with Gasteiger partial charge < -0.3 is 0 Å². The Balaban J connectivity index is 1.97. The van der Waals surface area contributed by atoms with Crippen molar-refractivity contribution in [3.8, 4) is 0 Å². The van der Waals surface area contributed by atoms with Gasteiger partial charge in [-0.2, -0.15) is 12.6 Å². The molecule has 2 rings (SSSR count). The molecular weight excluding hydrogens is 467 g/mol. The number of hydrogen-bond donors (Lipinski definition) is 0. The SMILES string of the molecule is CCCCCCCCCCCC[B-](CCCCCCCCCCCC)(c1ccc(C)cc1)c1ccc(C)cc1. The summed E-state index contributed by atoms with van der Waals surface area (Å²) in [7, 11) is 0. The van der Waals surface area contributed by atoms with Crippen molar-refractivity contribution in [2.24, 2.45) is 0 Å². The van der Waals surface area contributed by atoms with Gasteiger partial charge in [0.05, 0.1) is 6.15 Å². The first-order valence-electron chi connectivity index (χ1n) is 17.5. The summed E-state index contributed by atoms with van der Waals surface area (Å²) in [4.78, 5) is 0. The van der Waals surface area contributed by atoms with Crippen LogP contribution in [0.1, 0.15) is 153 Å². The zero-order valence-electron chi connectivity index (χ0n) is 26.8. The van der Waals surface area contributed by atoms with Crippen LogP contribution < -0.4 is 10.9 Å². The van der Waals surface area contributed by atoms with Crippen molar-refractivity contribution in [2.75, 3.05) is 0 Å². The Kier molecular flexibility index (Phi) is 18.4. The minimum absolute atomic E-state index is 0.713. The Bertz CT molecular complexity index is 747. The molecule has 0 unspecified atom stereocenters. The van der Waals surface area contributed by atoms with E-state index < -0.39 is 6.15 Å². The summed E-state index contributed by atoms with van der Waals surface area (Å²) in [5, 5.41) is 0. The molecule has 0 amide bonds. The van der Waals surface area contributed by atoms with Crippen LogP contribution in [0.3, 0.4) is 0 Å². The van der Waals surface area contributed by atoms with Gasteiger partial charge in [0, 0.05) is 0 Å². The molecule has 0 aliphatic carbocycles. The molecule has 39 heavy (non-hydrogen) atoms. The average Bonchev–Trinajstić information content (AvgIpc) is 2.95. The van der Waals surface area contributed by atoms with Crippen molar-refractivity contribution in [2.45, 2.75) is 169 Å². The van der Waals surface area contributed by atoms with Crippen LogP contribution in [-0.4, -0.2) is 6.15 Å². The van der Waals surface area contributed by atoms with Gasteiger partial charge in [-0.3, -0.25) is 0 Å². The molecule has 0 saturated heterocycles. The van der Waals surface area contributed by atoms with Gasteiger partial charge in [0.1, 0.15) is 0 Å². The van der Waals surface area contributed by atoms with Crippen LogP contribution in [0.15, 0.2) is 48.5 Å². The third kappa shape index (κ3) is 13.6. The third-order valence-electron chi connectivity index (χ3n) is 9.53. The second-order valence-corrected chi connectivity index (χ2v) is 13.0. The lowest BCUT2D eigenvalue weighted by Crippen LogP contribution is -2.58. The molecule has 0 nitrogen and oxygen atoms in total. The van der Waals surface area contributed by atoms with E-state index in [4.69, 9.17) is 0 Å². The van der Waals surface area contributed by atoms with Crippen LogP contribution in [0.5, 0.6) is 0 Å². The molecule has 0 aromatic heterocycles. The van der Waals surface area contributed by atoms with E-state index in [1.165, 1.54) is 152 Å². The molecule has 0 radical (unpaired) electrons. The minimum Gasteiger partial charge on any atom is -0.205 e. The maximum atomic E-state index is 2.47. The Morgan fingerprint density at radius 1 is 0.359 bits per heavy atom. The topological polar surface area (TPSA) is 0 Å². The lowest BCUT2D eigenvalue weighted by atomic mass is 9.15. The summed E-state index contributed by atoms with van der Waals surface area (Å²) in [5.74, 6) is 0. The van der Waals surface area contributed by atoms with Gasteiger partial charge >= 0.3 is 0 Å². The first-order valence-corrected chi connectivity index (χ1v) is 17.5. The Hall–Kier alpha value is -1.50. The zero-order chi connectivity index (χ0) is 28.0. The fourth-order valence-electron chi connectivity index (χ4n) is 6.83. The highest BCUT2D eigenvalue weighted by Crippen LogP contribution is 2.25. The quantitative estimate of drug-likeness (QED) is 0.0933. The second kappa shape index (κ2) is 21.3. The first kappa shape index (κ1) is 33.7. The minimum atomic E-state index is -0.713. The fraction of sp³-hybridized carbons (Fsp3) is 0.684. The lowest BCUT2D eigenvalue weighted by molar-refractivity contribution is 0.559. The van der Waals surface area contributed by atoms with Crippen molar-refractivity contribution in [3.63, 3.8) is 0 Å². The van der Waals surface area contributed by atoms with Gasteiger partial charge in [-0.05, 0) is 13.8 Å². The highest BCUT2D eigenvalue weighted by atomic mass is 14.1. The molecule has 0 aliphatic heterocycles. The summed E-state index contributed by atoms with van der Waals surface area (Å²) in [6.07, 6.45) is 30.3. The van der Waals surface area contributed by atoms with E-state index in [-0.39, 0.29) is 0 Å². The van der Waals surface area contributed by atoms with Crippen molar-refractivity contribution in [1.82, 2.24) is 0 Å². The van der Waals surface area contributed by atoms with Gasteiger partial charge in [-0.25, -0.2) is 10.9 Å². The van der Waals surface area contributed by atoms with Crippen molar-refractivity contribution in [3.05, 3.63) is 59.7 Å². The van der Waals surface area contributed by atoms with E-state index in [9.17, 15) is 0 Å². The van der Waals surface area contributed by atoms with Crippen LogP contribution in [0.2, 0.25) is 12.6 Å². The summed E-state index contributed by atoms with van der Waals surface area (Å²) in [6, 6.07) is 19.3. The monoisotopic (exact) mass is 532 g/mol. The molecule has 0 aliphatic rings. The number of benzene rings is 2. The van der Waals surface area contributed by atoms with Crippen LogP contribution >= 0.6 is 0 Å². The molecule has 0 N–H and O–H groups in total. The van der Waals surface area contributed by atoms with E-state index in [2.05, 4.69) is 76.2 Å². The third-order valence-corrected chi connectivity index (χ3v) is 9.53. The van der Waals surface area contributed by atoms with Crippen molar-refractivity contribution in [1.29, 1.82) is 0 Å². The predicted octanol–water partition coefficient (Wildman–Crippen LogP) is 11.7. The summed E-state index contributed by atoms with van der Waals surface area (Å²) < 4.78 is 0. The second-order valence-electron chi connectivity index (χ2n) is 13.0. The molecule has 2 aromatic carbocycles. The number of rotatable bonds is 24. The summed E-state index contributed by atoms with van der Waals surface area (Å²) in [6.45, 7) is 9.08. The highest BCUT2D eigenvalue weighted by molar-refractivity contribution is 7.02. The molecule has 0 atom stereocenters. The van der Waals surface area contributed by atoms with Gasteiger partial charge in [0.25, 0.3) is 0 Å². The van der Waals surface area contributed by atoms with Gasteiger partial charge in [0.2, 0.25) is 0 Å². The van der Waals surface area contributed by atoms with E-state index in [0.717, 1.165) is 0 Å². The maximum absolute atomic E-state index is 2.47. The Morgan fingerprint density at radius 2 is 0.615 bits per heavy atom. The van der Waals surface area contributed by atoms with Crippen molar-refractivity contribution < 1.29 is 0 Å². The largest absolute Gasteiger partial charge is 0.205 e. The number of unbranched alkanes of at least 4 members (excludes halogenated alkanes) is 18. The first-order chi connectivity index (χ1) is 19.1. The zero-order valence-corrected chi connectivity index (χ0v) is 26.8. The standard InChI is InChI=1S/C38H64B/c1-5-7-9-11-13-15-17-19-21-23-33-39(37-29-25-35(3)26-30-37,38-31-27-36(4)28-32-38)34-24-22-20-18-16-14-12-10-8-6-2/h25-32H,5-24,33-34H2,1-4H3/q-1. The number of hydrogen-bond acceptors (Lipinski definition) is 0. The van der Waals surface area contributed by atoms with Crippen LogP contribution in [0.4, 0.5) is 0 Å². The van der Waals surface area contributed by atoms with E-state index in [1.54, 1.807) is 10.9 Å². The molecular formula is C38H64B-. The molecule has 2 aromatic rings. The molecule has 0 bridgehead atoms. The molecule has 0 heterocycles. The van der Waals surface area contributed by atoms with Crippen LogP contribution in [0, 0.1) is 13.8 Å². The van der Waals surface area contributed by atoms with Crippen molar-refractivity contribution >= 4 is 17.1 Å². The molecule has 0 spiro atoms. The lowest BCUT2D eigenvalue weighted by Gasteiger charge is -2.43. The molecule has 0 fully saturated rings.